The number of ether oxygens (including phenoxy) is 1. The predicted octanol–water partition coefficient (Wildman–Crippen LogP) is 2.41. The van der Waals surface area contributed by atoms with Gasteiger partial charge in [0.2, 0.25) is 0 Å². The van der Waals surface area contributed by atoms with E-state index >= 15 is 0 Å². The summed E-state index contributed by atoms with van der Waals surface area (Å²) >= 11 is 5.55. The lowest BCUT2D eigenvalue weighted by molar-refractivity contribution is 0.0514. The number of carbonyl (C=O) groups is 1. The van der Waals surface area contributed by atoms with Gasteiger partial charge in [0.05, 0.1) is 11.6 Å². The molecule has 0 spiro atoms. The third kappa shape index (κ3) is 3.03. The van der Waals surface area contributed by atoms with Crippen LogP contribution in [-0.2, 0) is 10.6 Å². The second-order valence-corrected chi connectivity index (χ2v) is 4.13. The van der Waals surface area contributed by atoms with Crippen LogP contribution < -0.4 is 0 Å². The molecule has 0 atom stereocenters. The fraction of sp³-hybridized carbons (Fsp3) is 0.556. The topological polar surface area (TPSA) is 44.1 Å². The van der Waals surface area contributed by atoms with Crippen molar-refractivity contribution in [3.05, 3.63) is 18.0 Å². The fourth-order valence-electron chi connectivity index (χ4n) is 0.843. The molecule has 0 amide bonds. The lowest BCUT2D eigenvalue weighted by Gasteiger charge is -2.18. The Morgan fingerprint density at radius 2 is 2.29 bits per heavy atom. The van der Waals surface area contributed by atoms with Gasteiger partial charge in [0.15, 0.2) is 0 Å². The number of aromatic nitrogens is 2. The Balaban J connectivity index is 2.70. The normalized spacial score (nSPS) is 11.4. The Morgan fingerprint density at radius 1 is 1.64 bits per heavy atom. The summed E-state index contributed by atoms with van der Waals surface area (Å²) in [6.45, 7) is 5.41. The van der Waals surface area contributed by atoms with Crippen molar-refractivity contribution in [2.45, 2.75) is 32.3 Å². The van der Waals surface area contributed by atoms with Crippen LogP contribution in [0.25, 0.3) is 0 Å². The largest absolute Gasteiger partial charge is 0.442 e. The molecule has 0 fully saturated rings. The van der Waals surface area contributed by atoms with Crippen molar-refractivity contribution in [1.82, 2.24) is 9.78 Å². The number of rotatable bonds is 1. The van der Waals surface area contributed by atoms with E-state index in [0.717, 1.165) is 4.68 Å². The Hall–Kier alpha value is -1.03. The first-order valence-corrected chi connectivity index (χ1v) is 4.80. The fourth-order valence-corrected chi connectivity index (χ4v) is 0.986. The third-order valence-electron chi connectivity index (χ3n) is 1.36. The molecule has 4 nitrogen and oxygen atoms in total. The van der Waals surface area contributed by atoms with Gasteiger partial charge in [0, 0.05) is 6.20 Å². The maximum Gasteiger partial charge on any atom is 0.435 e. The quantitative estimate of drug-likeness (QED) is 0.678. The minimum Gasteiger partial charge on any atom is -0.442 e. The Bertz CT molecular complexity index is 328. The van der Waals surface area contributed by atoms with E-state index in [1.807, 2.05) is 0 Å². The van der Waals surface area contributed by atoms with Crippen molar-refractivity contribution in [1.29, 1.82) is 0 Å². The SMILES string of the molecule is CC(C)(C)OC(=O)n1ccc(CCl)n1. The summed E-state index contributed by atoms with van der Waals surface area (Å²) in [7, 11) is 0. The molecule has 5 heteroatoms. The van der Waals surface area contributed by atoms with Crippen LogP contribution in [0, 0.1) is 0 Å². The molecule has 0 aliphatic heterocycles. The molecule has 78 valence electrons. The zero-order valence-electron chi connectivity index (χ0n) is 8.45. The molecule has 1 rings (SSSR count). The van der Waals surface area contributed by atoms with E-state index in [9.17, 15) is 4.79 Å². The number of halogens is 1. The zero-order chi connectivity index (χ0) is 10.8. The van der Waals surface area contributed by atoms with Crippen molar-refractivity contribution in [2.75, 3.05) is 0 Å². The molecular weight excluding hydrogens is 204 g/mol. The van der Waals surface area contributed by atoms with Gasteiger partial charge in [-0.15, -0.1) is 11.6 Å². The maximum atomic E-state index is 11.4. The summed E-state index contributed by atoms with van der Waals surface area (Å²) in [6, 6.07) is 1.68. The lowest BCUT2D eigenvalue weighted by atomic mass is 10.2. The van der Waals surface area contributed by atoms with E-state index in [-0.39, 0.29) is 5.88 Å². The molecule has 0 radical (unpaired) electrons. The Morgan fingerprint density at radius 3 is 2.71 bits per heavy atom. The molecular formula is C9H13ClN2O2. The minimum absolute atomic E-state index is 0.287. The van der Waals surface area contributed by atoms with E-state index < -0.39 is 11.7 Å². The number of hydrogen-bond acceptors (Lipinski definition) is 3. The second kappa shape index (κ2) is 4.00. The summed E-state index contributed by atoms with van der Waals surface area (Å²) in [5, 5.41) is 3.92. The van der Waals surface area contributed by atoms with Gasteiger partial charge in [-0.1, -0.05) is 0 Å². The van der Waals surface area contributed by atoms with Gasteiger partial charge in [0.25, 0.3) is 0 Å². The number of alkyl halides is 1. The van der Waals surface area contributed by atoms with E-state index in [0.29, 0.717) is 5.69 Å². The number of nitrogens with zero attached hydrogens (tertiary/aromatic N) is 2. The van der Waals surface area contributed by atoms with Crippen LogP contribution >= 0.6 is 11.6 Å². The van der Waals surface area contributed by atoms with Crippen LogP contribution in [0.3, 0.4) is 0 Å². The second-order valence-electron chi connectivity index (χ2n) is 3.87. The smallest absolute Gasteiger partial charge is 0.435 e. The molecule has 0 saturated heterocycles. The molecule has 0 aliphatic rings. The van der Waals surface area contributed by atoms with E-state index in [1.165, 1.54) is 6.20 Å². The molecule has 1 aromatic rings. The zero-order valence-corrected chi connectivity index (χ0v) is 9.21. The van der Waals surface area contributed by atoms with Crippen molar-refractivity contribution in [3.8, 4) is 0 Å². The average molecular weight is 217 g/mol. The monoisotopic (exact) mass is 216 g/mol. The van der Waals surface area contributed by atoms with Crippen molar-refractivity contribution >= 4 is 17.7 Å². The van der Waals surface area contributed by atoms with Gasteiger partial charge >= 0.3 is 6.09 Å². The van der Waals surface area contributed by atoms with Gasteiger partial charge in [0.1, 0.15) is 5.60 Å². The minimum atomic E-state index is -0.510. The van der Waals surface area contributed by atoms with Gasteiger partial charge in [-0.05, 0) is 26.8 Å². The van der Waals surface area contributed by atoms with Crippen LogP contribution in [0.15, 0.2) is 12.3 Å². The van der Waals surface area contributed by atoms with Crippen LogP contribution in [0.4, 0.5) is 4.79 Å². The molecule has 0 aliphatic carbocycles. The average Bonchev–Trinajstić information content (AvgIpc) is 2.48. The van der Waals surface area contributed by atoms with Crippen LogP contribution in [-0.4, -0.2) is 21.5 Å². The van der Waals surface area contributed by atoms with Crippen molar-refractivity contribution in [2.24, 2.45) is 0 Å². The van der Waals surface area contributed by atoms with Crippen molar-refractivity contribution in [3.63, 3.8) is 0 Å². The lowest BCUT2D eigenvalue weighted by Crippen LogP contribution is -2.27. The highest BCUT2D eigenvalue weighted by Gasteiger charge is 2.18. The van der Waals surface area contributed by atoms with Gasteiger partial charge in [-0.25, -0.2) is 4.79 Å². The highest BCUT2D eigenvalue weighted by Crippen LogP contribution is 2.09. The Kier molecular flexibility index (Phi) is 3.16. The summed E-state index contributed by atoms with van der Waals surface area (Å²) in [4.78, 5) is 11.4. The molecule has 0 unspecified atom stereocenters. The summed E-state index contributed by atoms with van der Waals surface area (Å²) in [6.07, 6.45) is 1.04. The molecule has 0 aromatic carbocycles. The first-order valence-electron chi connectivity index (χ1n) is 4.26. The molecule has 0 bridgehead atoms. The maximum absolute atomic E-state index is 11.4. The first kappa shape index (κ1) is 11.0. The Labute approximate surface area is 87.8 Å². The van der Waals surface area contributed by atoms with Gasteiger partial charge in [-0.3, -0.25) is 0 Å². The van der Waals surface area contributed by atoms with E-state index in [2.05, 4.69) is 5.10 Å². The first-order chi connectivity index (χ1) is 6.42. The standard InChI is InChI=1S/C9H13ClN2O2/c1-9(2,3)14-8(13)12-5-4-7(6-10)11-12/h4-5H,6H2,1-3H3. The van der Waals surface area contributed by atoms with Crippen LogP contribution in [0.1, 0.15) is 26.5 Å². The predicted molar refractivity (Wildman–Crippen MR) is 53.4 cm³/mol. The van der Waals surface area contributed by atoms with Crippen molar-refractivity contribution < 1.29 is 9.53 Å². The van der Waals surface area contributed by atoms with Gasteiger partial charge < -0.3 is 4.74 Å². The summed E-state index contributed by atoms with van der Waals surface area (Å²) < 4.78 is 6.24. The molecule has 0 saturated carbocycles. The highest BCUT2D eigenvalue weighted by atomic mass is 35.5. The molecule has 0 N–H and O–H groups in total. The number of hydrogen-bond donors (Lipinski definition) is 0. The third-order valence-corrected chi connectivity index (χ3v) is 1.64. The molecule has 1 aromatic heterocycles. The molecule has 1 heterocycles. The summed E-state index contributed by atoms with van der Waals surface area (Å²) in [5.74, 6) is 0.287. The van der Waals surface area contributed by atoms with E-state index in [4.69, 9.17) is 16.3 Å². The highest BCUT2D eigenvalue weighted by molar-refractivity contribution is 6.16. The molecule has 14 heavy (non-hydrogen) atoms. The van der Waals surface area contributed by atoms with Crippen LogP contribution in [0.5, 0.6) is 0 Å². The van der Waals surface area contributed by atoms with Crippen LogP contribution in [0.2, 0.25) is 0 Å². The van der Waals surface area contributed by atoms with E-state index in [1.54, 1.807) is 26.8 Å². The van der Waals surface area contributed by atoms with Gasteiger partial charge in [-0.2, -0.15) is 9.78 Å². The summed E-state index contributed by atoms with van der Waals surface area (Å²) in [5.41, 5.74) is 0.141. The number of carbonyl (C=O) groups excluding carboxylic acids is 1.